The van der Waals surface area contributed by atoms with E-state index in [1.165, 1.54) is 0 Å². The van der Waals surface area contributed by atoms with Crippen molar-refractivity contribution in [1.82, 2.24) is 4.90 Å². The first-order valence-corrected chi connectivity index (χ1v) is 5.31. The van der Waals surface area contributed by atoms with Crippen LogP contribution in [0.2, 0.25) is 5.02 Å². The molecule has 0 bridgehead atoms. The predicted octanol–water partition coefficient (Wildman–Crippen LogP) is 1.05. The Kier molecular flexibility index (Phi) is 2.93. The summed E-state index contributed by atoms with van der Waals surface area (Å²) >= 11 is 5.76. The van der Waals surface area contributed by atoms with Gasteiger partial charge in [-0.25, -0.2) is 0 Å². The zero-order chi connectivity index (χ0) is 10.8. The van der Waals surface area contributed by atoms with E-state index < -0.39 is 0 Å². The van der Waals surface area contributed by atoms with Crippen molar-refractivity contribution in [2.45, 2.75) is 12.5 Å². The van der Waals surface area contributed by atoms with Gasteiger partial charge in [-0.3, -0.25) is 4.79 Å². The van der Waals surface area contributed by atoms with E-state index in [1.807, 2.05) is 12.1 Å². The van der Waals surface area contributed by atoms with Crippen molar-refractivity contribution in [3.05, 3.63) is 34.9 Å². The number of hydrogen-bond acceptors (Lipinski definition) is 2. The summed E-state index contributed by atoms with van der Waals surface area (Å²) in [6, 6.07) is 7.51. The van der Waals surface area contributed by atoms with Gasteiger partial charge in [-0.05, 0) is 17.7 Å². The molecule has 15 heavy (non-hydrogen) atoms. The molecule has 80 valence electrons. The summed E-state index contributed by atoms with van der Waals surface area (Å²) in [7, 11) is 0. The van der Waals surface area contributed by atoms with Crippen LogP contribution in [0.1, 0.15) is 5.56 Å². The van der Waals surface area contributed by atoms with Gasteiger partial charge in [0.1, 0.15) is 0 Å². The zero-order valence-corrected chi connectivity index (χ0v) is 9.07. The van der Waals surface area contributed by atoms with Crippen LogP contribution in [0.4, 0.5) is 0 Å². The molecule has 0 aliphatic carbocycles. The molecule has 1 aromatic rings. The van der Waals surface area contributed by atoms with Gasteiger partial charge < -0.3 is 10.6 Å². The highest BCUT2D eigenvalue weighted by molar-refractivity contribution is 6.30. The van der Waals surface area contributed by atoms with Gasteiger partial charge in [0.25, 0.3) is 0 Å². The molecular formula is C11H13ClN2O. The average Bonchev–Trinajstić information content (AvgIpc) is 2.17. The van der Waals surface area contributed by atoms with Gasteiger partial charge in [-0.2, -0.15) is 0 Å². The van der Waals surface area contributed by atoms with Crippen LogP contribution in [0.3, 0.4) is 0 Å². The first-order valence-electron chi connectivity index (χ1n) is 4.93. The lowest BCUT2D eigenvalue weighted by molar-refractivity contribution is -0.134. The topological polar surface area (TPSA) is 46.3 Å². The number of nitrogens with zero attached hydrogens (tertiary/aromatic N) is 1. The summed E-state index contributed by atoms with van der Waals surface area (Å²) in [6.07, 6.45) is 0.434. The molecule has 1 saturated heterocycles. The Morgan fingerprint density at radius 1 is 1.40 bits per heavy atom. The average molecular weight is 225 g/mol. The number of rotatable bonds is 2. The van der Waals surface area contributed by atoms with Crippen molar-refractivity contribution in [2.24, 2.45) is 5.73 Å². The highest BCUT2D eigenvalue weighted by atomic mass is 35.5. The van der Waals surface area contributed by atoms with E-state index in [-0.39, 0.29) is 11.9 Å². The maximum atomic E-state index is 11.7. The summed E-state index contributed by atoms with van der Waals surface area (Å²) in [5.74, 6) is 0.138. The molecule has 0 atom stereocenters. The van der Waals surface area contributed by atoms with Gasteiger partial charge in [0.05, 0.1) is 6.42 Å². The lowest BCUT2D eigenvalue weighted by Crippen LogP contribution is -2.58. The first-order chi connectivity index (χ1) is 7.15. The van der Waals surface area contributed by atoms with E-state index in [4.69, 9.17) is 17.3 Å². The van der Waals surface area contributed by atoms with E-state index in [9.17, 15) is 4.79 Å². The number of carbonyl (C=O) groups is 1. The Hall–Kier alpha value is -1.06. The number of hydrogen-bond donors (Lipinski definition) is 1. The van der Waals surface area contributed by atoms with Crippen LogP contribution in [0.25, 0.3) is 0 Å². The Morgan fingerprint density at radius 3 is 2.53 bits per heavy atom. The fourth-order valence-corrected chi connectivity index (χ4v) is 1.73. The fraction of sp³-hybridized carbons (Fsp3) is 0.364. The Morgan fingerprint density at radius 2 is 2.00 bits per heavy atom. The fourth-order valence-electron chi connectivity index (χ4n) is 1.60. The summed E-state index contributed by atoms with van der Waals surface area (Å²) in [6.45, 7) is 1.37. The largest absolute Gasteiger partial charge is 0.339 e. The lowest BCUT2D eigenvalue weighted by atomic mass is 10.1. The summed E-state index contributed by atoms with van der Waals surface area (Å²) in [4.78, 5) is 13.4. The molecule has 1 heterocycles. The molecule has 0 saturated carbocycles. The second kappa shape index (κ2) is 4.21. The number of likely N-dealkylation sites (tertiary alicyclic amines) is 1. The standard InChI is InChI=1S/C11H13ClN2O/c12-9-3-1-8(2-4-9)5-11(15)14-6-10(13)7-14/h1-4,10H,5-7,13H2. The van der Waals surface area contributed by atoms with Gasteiger partial charge in [-0.15, -0.1) is 0 Å². The van der Waals surface area contributed by atoms with E-state index in [0.717, 1.165) is 5.56 Å². The third-order valence-electron chi connectivity index (χ3n) is 2.53. The SMILES string of the molecule is NC1CN(C(=O)Cc2ccc(Cl)cc2)C1. The number of amides is 1. The second-order valence-corrected chi connectivity index (χ2v) is 4.30. The van der Waals surface area contributed by atoms with Crippen LogP contribution in [-0.2, 0) is 11.2 Å². The van der Waals surface area contributed by atoms with Gasteiger partial charge in [-0.1, -0.05) is 23.7 Å². The normalized spacial score (nSPS) is 16.3. The molecule has 0 radical (unpaired) electrons. The maximum Gasteiger partial charge on any atom is 0.227 e. The van der Waals surface area contributed by atoms with Crippen LogP contribution >= 0.6 is 11.6 Å². The van der Waals surface area contributed by atoms with Gasteiger partial charge in [0.15, 0.2) is 0 Å². The third-order valence-corrected chi connectivity index (χ3v) is 2.78. The highest BCUT2D eigenvalue weighted by Crippen LogP contribution is 2.12. The molecule has 0 aromatic heterocycles. The molecule has 1 aromatic carbocycles. The number of halogens is 1. The van der Waals surface area contributed by atoms with Crippen LogP contribution in [0, 0.1) is 0 Å². The van der Waals surface area contributed by atoms with E-state index in [2.05, 4.69) is 0 Å². The van der Waals surface area contributed by atoms with Crippen molar-refractivity contribution >= 4 is 17.5 Å². The van der Waals surface area contributed by atoms with Crippen molar-refractivity contribution in [2.75, 3.05) is 13.1 Å². The van der Waals surface area contributed by atoms with Gasteiger partial charge in [0.2, 0.25) is 5.91 Å². The van der Waals surface area contributed by atoms with E-state index in [1.54, 1.807) is 17.0 Å². The number of carbonyl (C=O) groups excluding carboxylic acids is 1. The second-order valence-electron chi connectivity index (χ2n) is 3.86. The molecule has 1 amide bonds. The van der Waals surface area contributed by atoms with Crippen molar-refractivity contribution in [1.29, 1.82) is 0 Å². The molecule has 1 aliphatic rings. The summed E-state index contributed by atoms with van der Waals surface area (Å²) in [5, 5.41) is 0.692. The highest BCUT2D eigenvalue weighted by Gasteiger charge is 2.27. The van der Waals surface area contributed by atoms with Gasteiger partial charge >= 0.3 is 0 Å². The van der Waals surface area contributed by atoms with Gasteiger partial charge in [0, 0.05) is 24.2 Å². The molecule has 1 aliphatic heterocycles. The minimum atomic E-state index is 0.138. The number of benzene rings is 1. The molecule has 0 spiro atoms. The van der Waals surface area contributed by atoms with Crippen molar-refractivity contribution in [3.8, 4) is 0 Å². The Labute approximate surface area is 93.8 Å². The molecule has 3 nitrogen and oxygen atoms in total. The Bertz CT molecular complexity index is 357. The monoisotopic (exact) mass is 224 g/mol. The molecule has 2 rings (SSSR count). The zero-order valence-electron chi connectivity index (χ0n) is 8.32. The van der Waals surface area contributed by atoms with Crippen molar-refractivity contribution < 1.29 is 4.79 Å². The molecular weight excluding hydrogens is 212 g/mol. The summed E-state index contributed by atoms with van der Waals surface area (Å²) in [5.41, 5.74) is 6.60. The van der Waals surface area contributed by atoms with Crippen molar-refractivity contribution in [3.63, 3.8) is 0 Å². The minimum Gasteiger partial charge on any atom is -0.339 e. The minimum absolute atomic E-state index is 0.138. The van der Waals surface area contributed by atoms with Crippen LogP contribution in [0.15, 0.2) is 24.3 Å². The summed E-state index contributed by atoms with van der Waals surface area (Å²) < 4.78 is 0. The maximum absolute atomic E-state index is 11.7. The lowest BCUT2D eigenvalue weighted by Gasteiger charge is -2.36. The molecule has 2 N–H and O–H groups in total. The third kappa shape index (κ3) is 2.49. The van der Waals surface area contributed by atoms with E-state index in [0.29, 0.717) is 24.5 Å². The van der Waals surface area contributed by atoms with Crippen LogP contribution in [-0.4, -0.2) is 29.9 Å². The molecule has 1 fully saturated rings. The number of nitrogens with two attached hydrogens (primary N) is 1. The quantitative estimate of drug-likeness (QED) is 0.817. The predicted molar refractivity (Wildman–Crippen MR) is 59.7 cm³/mol. The van der Waals surface area contributed by atoms with E-state index >= 15 is 0 Å². The first kappa shape index (κ1) is 10.5. The molecule has 4 heteroatoms. The smallest absolute Gasteiger partial charge is 0.227 e. The van der Waals surface area contributed by atoms with Crippen LogP contribution < -0.4 is 5.73 Å². The molecule has 0 unspecified atom stereocenters. The van der Waals surface area contributed by atoms with Crippen LogP contribution in [0.5, 0.6) is 0 Å². The Balaban J connectivity index is 1.91.